The summed E-state index contributed by atoms with van der Waals surface area (Å²) in [4.78, 5) is 9.23. The third-order valence-corrected chi connectivity index (χ3v) is 7.50. The van der Waals surface area contributed by atoms with Gasteiger partial charge in [0.1, 0.15) is 24.1 Å². The first-order valence-electron chi connectivity index (χ1n) is 13.3. The summed E-state index contributed by atoms with van der Waals surface area (Å²) in [5, 5.41) is 28.2. The highest BCUT2D eigenvalue weighted by Crippen LogP contribution is 2.37. The van der Waals surface area contributed by atoms with E-state index in [1.54, 1.807) is 48.5 Å². The van der Waals surface area contributed by atoms with Gasteiger partial charge in [-0.25, -0.2) is 18.7 Å². The van der Waals surface area contributed by atoms with Crippen molar-refractivity contribution in [2.75, 3.05) is 0 Å². The molecule has 0 bridgehead atoms. The Morgan fingerprint density at radius 3 is 2.46 bits per heavy atom. The van der Waals surface area contributed by atoms with Gasteiger partial charge in [0.15, 0.2) is 6.29 Å². The van der Waals surface area contributed by atoms with Crippen LogP contribution in [0.15, 0.2) is 72.8 Å². The minimum absolute atomic E-state index is 0.0674. The van der Waals surface area contributed by atoms with Crippen LogP contribution >= 0.6 is 0 Å². The van der Waals surface area contributed by atoms with E-state index in [1.165, 1.54) is 18.2 Å². The molecule has 5 aromatic rings. The van der Waals surface area contributed by atoms with Crippen LogP contribution in [0.3, 0.4) is 0 Å². The predicted molar refractivity (Wildman–Crippen MR) is 148 cm³/mol. The van der Waals surface area contributed by atoms with Crippen LogP contribution < -0.4 is 4.74 Å². The van der Waals surface area contributed by atoms with E-state index in [0.29, 0.717) is 27.9 Å². The molecule has 7 nitrogen and oxygen atoms in total. The van der Waals surface area contributed by atoms with Crippen LogP contribution in [0.25, 0.3) is 22.3 Å². The lowest BCUT2D eigenvalue weighted by Gasteiger charge is -2.29. The van der Waals surface area contributed by atoms with Gasteiger partial charge in [-0.15, -0.1) is 0 Å². The molecule has 0 atom stereocenters. The Morgan fingerprint density at radius 1 is 0.951 bits per heavy atom. The molecule has 0 aliphatic heterocycles. The molecule has 1 saturated carbocycles. The molecule has 3 aromatic carbocycles. The molecule has 1 fully saturated rings. The van der Waals surface area contributed by atoms with Crippen molar-refractivity contribution in [3.8, 4) is 23.2 Å². The minimum atomic E-state index is -1.58. The van der Waals surface area contributed by atoms with Crippen LogP contribution in [0.5, 0.6) is 5.88 Å². The highest BCUT2D eigenvalue weighted by molar-refractivity contribution is 5.77. The normalized spacial score (nSPS) is 13.4. The minimum Gasteiger partial charge on any atom is -0.473 e. The van der Waals surface area contributed by atoms with Gasteiger partial charge in [0.05, 0.1) is 28.4 Å². The molecule has 0 unspecified atom stereocenters. The fraction of sp³-hybridized carbons (Fsp3) is 0.219. The van der Waals surface area contributed by atoms with Gasteiger partial charge in [-0.05, 0) is 61.2 Å². The van der Waals surface area contributed by atoms with Gasteiger partial charge in [0.2, 0.25) is 5.88 Å². The summed E-state index contributed by atoms with van der Waals surface area (Å²) in [5.74, 6) is 0.0610. The first-order valence-corrected chi connectivity index (χ1v) is 13.3. The predicted octanol–water partition coefficient (Wildman–Crippen LogP) is 6.13. The van der Waals surface area contributed by atoms with Crippen molar-refractivity contribution in [2.45, 2.75) is 44.6 Å². The molecule has 2 heterocycles. The van der Waals surface area contributed by atoms with Gasteiger partial charge in [0.25, 0.3) is 0 Å². The molecule has 41 heavy (non-hydrogen) atoms. The molecule has 206 valence electrons. The van der Waals surface area contributed by atoms with Gasteiger partial charge in [-0.2, -0.15) is 5.26 Å². The number of fused-ring (bicyclic) bond motifs is 1. The van der Waals surface area contributed by atoms with Crippen molar-refractivity contribution in [1.82, 2.24) is 14.5 Å². The van der Waals surface area contributed by atoms with E-state index in [1.807, 2.05) is 6.07 Å². The number of nitriles is 1. The average molecular weight is 553 g/mol. The van der Waals surface area contributed by atoms with E-state index in [4.69, 9.17) is 15.0 Å². The maximum absolute atomic E-state index is 15.4. The Labute approximate surface area is 234 Å². The fourth-order valence-electron chi connectivity index (χ4n) is 5.06. The van der Waals surface area contributed by atoms with Crippen molar-refractivity contribution in [3.05, 3.63) is 113 Å². The smallest absolute Gasteiger partial charge is 0.214 e. The molecule has 0 spiro atoms. The molecular formula is C32H26F2N4O3. The second-order valence-corrected chi connectivity index (χ2v) is 10.2. The first-order chi connectivity index (χ1) is 19.9. The Morgan fingerprint density at radius 2 is 1.76 bits per heavy atom. The number of hydrogen-bond acceptors (Lipinski definition) is 6. The number of ether oxygens (including phenoxy) is 1. The number of halogens is 2. The van der Waals surface area contributed by atoms with E-state index >= 15 is 4.39 Å². The van der Waals surface area contributed by atoms with Crippen molar-refractivity contribution in [1.29, 1.82) is 5.26 Å². The number of rotatable bonds is 8. The highest BCUT2D eigenvalue weighted by atomic mass is 19.1. The van der Waals surface area contributed by atoms with E-state index in [0.717, 1.165) is 42.2 Å². The summed E-state index contributed by atoms with van der Waals surface area (Å²) in [6.07, 6.45) is 1.79. The Hall–Kier alpha value is -4.65. The van der Waals surface area contributed by atoms with Crippen molar-refractivity contribution >= 4 is 11.0 Å². The standard InChI is InChI=1S/C32H26F2N4O3/c33-25-13-19(17-35)7-8-23(25)18-41-31-6-2-5-27(37-31)21-10-9-20(26(34)14-21)16-30-36-28-12-11-22(32(39)40)15-29(28)38(30)24-3-1-4-24/h2,5-15,24,32,39-40H,1,3-4,16,18H2. The zero-order chi connectivity index (χ0) is 28.5. The first kappa shape index (κ1) is 26.6. The molecule has 1 aliphatic carbocycles. The van der Waals surface area contributed by atoms with E-state index in [2.05, 4.69) is 9.55 Å². The van der Waals surface area contributed by atoms with Crippen molar-refractivity contribution < 1.29 is 23.7 Å². The number of hydrogen-bond donors (Lipinski definition) is 2. The van der Waals surface area contributed by atoms with Gasteiger partial charge >= 0.3 is 0 Å². The van der Waals surface area contributed by atoms with Gasteiger partial charge in [0, 0.05) is 35.2 Å². The number of aliphatic hydroxyl groups is 2. The highest BCUT2D eigenvalue weighted by Gasteiger charge is 2.25. The van der Waals surface area contributed by atoms with Crippen LogP contribution in [0.2, 0.25) is 0 Å². The monoisotopic (exact) mass is 552 g/mol. The lowest BCUT2D eigenvalue weighted by Crippen LogP contribution is -2.19. The lowest BCUT2D eigenvalue weighted by molar-refractivity contribution is -0.0424. The topological polar surface area (TPSA) is 104 Å². The molecule has 1 aliphatic rings. The summed E-state index contributed by atoms with van der Waals surface area (Å²) < 4.78 is 37.4. The molecule has 2 N–H and O–H groups in total. The van der Waals surface area contributed by atoms with E-state index in [-0.39, 0.29) is 30.5 Å². The van der Waals surface area contributed by atoms with Crippen LogP contribution in [0, 0.1) is 23.0 Å². The summed E-state index contributed by atoms with van der Waals surface area (Å²) >= 11 is 0. The van der Waals surface area contributed by atoms with Gasteiger partial charge in [-0.1, -0.05) is 30.3 Å². The molecular weight excluding hydrogens is 526 g/mol. The average Bonchev–Trinajstić information content (AvgIpc) is 3.29. The molecule has 0 radical (unpaired) electrons. The summed E-state index contributed by atoms with van der Waals surface area (Å²) in [7, 11) is 0. The quantitative estimate of drug-likeness (QED) is 0.225. The van der Waals surface area contributed by atoms with Crippen LogP contribution in [0.4, 0.5) is 8.78 Å². The fourth-order valence-corrected chi connectivity index (χ4v) is 5.06. The van der Waals surface area contributed by atoms with Crippen LogP contribution in [-0.2, 0) is 13.0 Å². The summed E-state index contributed by atoms with van der Waals surface area (Å²) in [6.45, 7) is -0.0674. The number of nitrogens with zero attached hydrogens (tertiary/aromatic N) is 4. The van der Waals surface area contributed by atoms with E-state index < -0.39 is 17.9 Å². The molecule has 0 amide bonds. The Balaban J connectivity index is 1.23. The zero-order valence-electron chi connectivity index (χ0n) is 22.0. The van der Waals surface area contributed by atoms with Crippen LogP contribution in [-0.4, -0.2) is 24.7 Å². The molecule has 6 rings (SSSR count). The molecule has 0 saturated heterocycles. The van der Waals surface area contributed by atoms with Gasteiger partial charge < -0.3 is 19.5 Å². The number of aromatic nitrogens is 3. The van der Waals surface area contributed by atoms with Gasteiger partial charge in [-0.3, -0.25) is 0 Å². The third kappa shape index (κ3) is 5.40. The largest absolute Gasteiger partial charge is 0.473 e. The molecule has 2 aromatic heterocycles. The van der Waals surface area contributed by atoms with Crippen molar-refractivity contribution in [2.24, 2.45) is 0 Å². The molecule has 9 heteroatoms. The number of aliphatic hydroxyl groups excluding tert-OH is 1. The maximum atomic E-state index is 15.4. The maximum Gasteiger partial charge on any atom is 0.214 e. The third-order valence-electron chi connectivity index (χ3n) is 7.50. The van der Waals surface area contributed by atoms with Crippen LogP contribution in [0.1, 0.15) is 59.7 Å². The number of benzene rings is 3. The second-order valence-electron chi connectivity index (χ2n) is 10.2. The zero-order valence-corrected chi connectivity index (χ0v) is 22.0. The number of pyridine rings is 1. The number of imidazole rings is 1. The summed E-state index contributed by atoms with van der Waals surface area (Å²) in [6, 6.07) is 21.5. The lowest BCUT2D eigenvalue weighted by atomic mass is 9.92. The van der Waals surface area contributed by atoms with Crippen molar-refractivity contribution in [3.63, 3.8) is 0 Å². The summed E-state index contributed by atoms with van der Waals surface area (Å²) in [5.41, 5.74) is 4.01. The Kier molecular flexibility index (Phi) is 7.18. The second kappa shape index (κ2) is 11.1. The van der Waals surface area contributed by atoms with E-state index in [9.17, 15) is 14.6 Å². The Bertz CT molecular complexity index is 1790. The SMILES string of the molecule is N#Cc1ccc(COc2cccc(-c3ccc(Cc4nc5ccc(C(O)O)cc5n4C4CCC4)c(F)c3)n2)c(F)c1.